The van der Waals surface area contributed by atoms with Gasteiger partial charge in [0.15, 0.2) is 5.65 Å². The van der Waals surface area contributed by atoms with Crippen molar-refractivity contribution in [3.05, 3.63) is 29.7 Å². The topological polar surface area (TPSA) is 85.3 Å². The van der Waals surface area contributed by atoms with Crippen LogP contribution in [0.15, 0.2) is 18.5 Å². The molecule has 6 nitrogen and oxygen atoms in total. The first-order valence-corrected chi connectivity index (χ1v) is 9.58. The van der Waals surface area contributed by atoms with Gasteiger partial charge in [-0.05, 0) is 43.2 Å². The Morgan fingerprint density at radius 1 is 1.24 bits per heavy atom. The molecule has 2 atom stereocenters. The normalized spacial score (nSPS) is 23.6. The average molecular weight is 341 g/mol. The quantitative estimate of drug-likeness (QED) is 0.836. The summed E-state index contributed by atoms with van der Waals surface area (Å²) in [5, 5.41) is 7.37. The number of nitrogens with one attached hydrogen (secondary N) is 1. The summed E-state index contributed by atoms with van der Waals surface area (Å²) in [6.45, 7) is 0.781. The Hall–Kier alpha value is -1.95. The summed E-state index contributed by atoms with van der Waals surface area (Å²) in [4.78, 5) is 16.5. The molecule has 2 aromatic heterocycles. The highest BCUT2D eigenvalue weighted by atomic mass is 16.2. The Morgan fingerprint density at radius 2 is 2.04 bits per heavy atom. The standard InChI is InChI=1S/C19H27N5O/c20-18(14-5-3-1-2-4-6-14)16-12-24-17(23-16)10-13(11-22-24)9-15-7-8-21-19(15)25/h10-12,14-15,18H,1-9,20H2,(H,21,25)/t15-,18+/m1/s1. The molecule has 2 aromatic rings. The highest BCUT2D eigenvalue weighted by Crippen LogP contribution is 2.31. The van der Waals surface area contributed by atoms with Crippen LogP contribution in [0.4, 0.5) is 0 Å². The minimum absolute atomic E-state index is 0.0103. The highest BCUT2D eigenvalue weighted by Gasteiger charge is 2.25. The van der Waals surface area contributed by atoms with Crippen LogP contribution in [0, 0.1) is 11.8 Å². The van der Waals surface area contributed by atoms with Crippen molar-refractivity contribution in [1.82, 2.24) is 19.9 Å². The smallest absolute Gasteiger partial charge is 0.223 e. The molecule has 3 N–H and O–H groups in total. The number of hydrogen-bond donors (Lipinski definition) is 2. The highest BCUT2D eigenvalue weighted by molar-refractivity contribution is 5.80. The lowest BCUT2D eigenvalue weighted by Gasteiger charge is -2.20. The number of carbonyl (C=O) groups is 1. The number of nitrogens with zero attached hydrogens (tertiary/aromatic N) is 3. The largest absolute Gasteiger partial charge is 0.356 e. The lowest BCUT2D eigenvalue weighted by atomic mass is 9.91. The second kappa shape index (κ2) is 7.12. The second-order valence-electron chi connectivity index (χ2n) is 7.59. The Morgan fingerprint density at radius 3 is 2.76 bits per heavy atom. The zero-order valence-corrected chi connectivity index (χ0v) is 14.7. The van der Waals surface area contributed by atoms with Crippen LogP contribution in [0.3, 0.4) is 0 Å². The lowest BCUT2D eigenvalue weighted by Crippen LogP contribution is -2.21. The monoisotopic (exact) mass is 341 g/mol. The Bertz CT molecular complexity index is 747. The molecular formula is C19H27N5O. The van der Waals surface area contributed by atoms with Crippen molar-refractivity contribution in [3.63, 3.8) is 0 Å². The fraction of sp³-hybridized carbons (Fsp3) is 0.632. The summed E-state index contributed by atoms with van der Waals surface area (Å²) in [6, 6.07) is 2.03. The predicted octanol–water partition coefficient (Wildman–Crippen LogP) is 2.38. The van der Waals surface area contributed by atoms with Gasteiger partial charge in [0.2, 0.25) is 5.91 Å². The fourth-order valence-electron chi connectivity index (χ4n) is 4.24. The third kappa shape index (κ3) is 3.54. The number of aromatic nitrogens is 3. The van der Waals surface area contributed by atoms with Crippen molar-refractivity contribution in [1.29, 1.82) is 0 Å². The molecule has 3 heterocycles. The third-order valence-corrected chi connectivity index (χ3v) is 5.79. The number of rotatable bonds is 4. The van der Waals surface area contributed by atoms with Crippen LogP contribution >= 0.6 is 0 Å². The Kier molecular flexibility index (Phi) is 4.70. The van der Waals surface area contributed by atoms with Crippen molar-refractivity contribution in [2.24, 2.45) is 17.6 Å². The van der Waals surface area contributed by atoms with Gasteiger partial charge in [0.05, 0.1) is 24.1 Å². The molecule has 134 valence electrons. The molecule has 2 fully saturated rings. The molecule has 0 unspecified atom stereocenters. The van der Waals surface area contributed by atoms with Crippen LogP contribution in [0.5, 0.6) is 0 Å². The van der Waals surface area contributed by atoms with E-state index in [0.29, 0.717) is 5.92 Å². The van der Waals surface area contributed by atoms with E-state index in [0.717, 1.165) is 36.3 Å². The maximum absolute atomic E-state index is 11.8. The first kappa shape index (κ1) is 16.5. The van der Waals surface area contributed by atoms with Gasteiger partial charge in [0.25, 0.3) is 0 Å². The Labute approximate surface area is 148 Å². The number of hydrogen-bond acceptors (Lipinski definition) is 4. The molecule has 1 aliphatic heterocycles. The SMILES string of the molecule is N[C@H](c1cn2ncc(C[C@H]3CCNC3=O)cc2n1)C1CCCCCC1. The van der Waals surface area contributed by atoms with E-state index in [4.69, 9.17) is 10.7 Å². The van der Waals surface area contributed by atoms with Crippen molar-refractivity contribution < 1.29 is 4.79 Å². The summed E-state index contributed by atoms with van der Waals surface area (Å²) < 4.78 is 1.81. The first-order valence-electron chi connectivity index (χ1n) is 9.58. The van der Waals surface area contributed by atoms with Gasteiger partial charge in [-0.2, -0.15) is 5.10 Å². The van der Waals surface area contributed by atoms with Crippen molar-refractivity contribution in [3.8, 4) is 0 Å². The predicted molar refractivity (Wildman–Crippen MR) is 95.9 cm³/mol. The van der Waals surface area contributed by atoms with E-state index in [1.165, 1.54) is 38.5 Å². The van der Waals surface area contributed by atoms with E-state index < -0.39 is 0 Å². The molecule has 0 bridgehead atoms. The van der Waals surface area contributed by atoms with Gasteiger partial charge in [0.1, 0.15) is 0 Å². The molecule has 2 aliphatic rings. The van der Waals surface area contributed by atoms with Gasteiger partial charge < -0.3 is 11.1 Å². The second-order valence-corrected chi connectivity index (χ2v) is 7.59. The van der Waals surface area contributed by atoms with E-state index >= 15 is 0 Å². The van der Waals surface area contributed by atoms with Crippen LogP contribution in [-0.2, 0) is 11.2 Å². The first-order chi connectivity index (χ1) is 12.2. The van der Waals surface area contributed by atoms with E-state index in [2.05, 4.69) is 10.4 Å². The van der Waals surface area contributed by atoms with E-state index in [1.807, 2.05) is 23.0 Å². The van der Waals surface area contributed by atoms with Gasteiger partial charge >= 0.3 is 0 Å². The van der Waals surface area contributed by atoms with Crippen molar-refractivity contribution in [2.45, 2.75) is 57.4 Å². The number of amides is 1. The summed E-state index contributed by atoms with van der Waals surface area (Å²) in [7, 11) is 0. The minimum Gasteiger partial charge on any atom is -0.356 e. The molecule has 1 aliphatic carbocycles. The summed E-state index contributed by atoms with van der Waals surface area (Å²) >= 11 is 0. The molecule has 0 aromatic carbocycles. The summed E-state index contributed by atoms with van der Waals surface area (Å²) in [5.41, 5.74) is 9.37. The van der Waals surface area contributed by atoms with Gasteiger partial charge in [-0.3, -0.25) is 4.79 Å². The lowest BCUT2D eigenvalue weighted by molar-refractivity contribution is -0.122. The van der Waals surface area contributed by atoms with E-state index in [-0.39, 0.29) is 17.9 Å². The number of carbonyl (C=O) groups excluding carboxylic acids is 1. The van der Waals surface area contributed by atoms with Gasteiger partial charge in [0, 0.05) is 12.5 Å². The number of nitrogens with two attached hydrogens (primary N) is 1. The zero-order chi connectivity index (χ0) is 17.2. The van der Waals surface area contributed by atoms with Crippen LogP contribution in [0.2, 0.25) is 0 Å². The summed E-state index contributed by atoms with van der Waals surface area (Å²) in [6.07, 6.45) is 13.0. The molecule has 25 heavy (non-hydrogen) atoms. The van der Waals surface area contributed by atoms with Crippen LogP contribution in [0.1, 0.15) is 62.2 Å². The molecule has 6 heteroatoms. The third-order valence-electron chi connectivity index (χ3n) is 5.79. The molecule has 4 rings (SSSR count). The summed E-state index contributed by atoms with van der Waals surface area (Å²) in [5.74, 6) is 0.736. The van der Waals surface area contributed by atoms with Gasteiger partial charge in [-0.25, -0.2) is 9.50 Å². The van der Waals surface area contributed by atoms with Crippen LogP contribution < -0.4 is 11.1 Å². The average Bonchev–Trinajstić information content (AvgIpc) is 3.10. The van der Waals surface area contributed by atoms with Crippen LogP contribution in [-0.4, -0.2) is 27.0 Å². The molecule has 1 saturated carbocycles. The zero-order valence-electron chi connectivity index (χ0n) is 14.7. The van der Waals surface area contributed by atoms with Gasteiger partial charge in [-0.1, -0.05) is 25.7 Å². The van der Waals surface area contributed by atoms with E-state index in [1.54, 1.807) is 0 Å². The maximum Gasteiger partial charge on any atom is 0.223 e. The number of fused-ring (bicyclic) bond motifs is 1. The fourth-order valence-corrected chi connectivity index (χ4v) is 4.24. The van der Waals surface area contributed by atoms with E-state index in [9.17, 15) is 4.79 Å². The molecule has 1 saturated heterocycles. The van der Waals surface area contributed by atoms with Crippen molar-refractivity contribution in [2.75, 3.05) is 6.54 Å². The van der Waals surface area contributed by atoms with Gasteiger partial charge in [-0.15, -0.1) is 0 Å². The molecule has 0 radical (unpaired) electrons. The Balaban J connectivity index is 1.52. The minimum atomic E-state index is -0.0103. The van der Waals surface area contributed by atoms with Crippen molar-refractivity contribution >= 4 is 11.6 Å². The molecular weight excluding hydrogens is 314 g/mol. The van der Waals surface area contributed by atoms with Crippen LogP contribution in [0.25, 0.3) is 5.65 Å². The molecule has 1 amide bonds. The molecule has 0 spiro atoms. The maximum atomic E-state index is 11.8. The number of imidazole rings is 1.